The molecule has 0 aromatic heterocycles. The van der Waals surface area contributed by atoms with Crippen molar-refractivity contribution in [3.63, 3.8) is 0 Å². The smallest absolute Gasteiger partial charge is 0.151 e. The zero-order valence-corrected chi connectivity index (χ0v) is 10.3. The van der Waals surface area contributed by atoms with Gasteiger partial charge >= 0.3 is 0 Å². The SMILES string of the molecule is O=Cc1ccc(N2CCS(=O)CC2)cc1Cl. The molecule has 5 heteroatoms. The summed E-state index contributed by atoms with van der Waals surface area (Å²) in [6, 6.07) is 5.39. The van der Waals surface area contributed by atoms with Gasteiger partial charge in [-0.15, -0.1) is 0 Å². The molecule has 16 heavy (non-hydrogen) atoms. The Bertz CT molecular complexity index is 426. The van der Waals surface area contributed by atoms with Crippen LogP contribution < -0.4 is 4.90 Å². The molecule has 0 bridgehead atoms. The Morgan fingerprint density at radius 1 is 1.31 bits per heavy atom. The summed E-state index contributed by atoms with van der Waals surface area (Å²) >= 11 is 5.96. The Balaban J connectivity index is 2.18. The molecule has 0 N–H and O–H groups in total. The number of carbonyl (C=O) groups excluding carboxylic acids is 1. The minimum atomic E-state index is -0.677. The van der Waals surface area contributed by atoms with Gasteiger partial charge in [0.15, 0.2) is 6.29 Å². The van der Waals surface area contributed by atoms with Crippen LogP contribution in [0.3, 0.4) is 0 Å². The van der Waals surface area contributed by atoms with Crippen molar-refractivity contribution in [2.24, 2.45) is 0 Å². The van der Waals surface area contributed by atoms with E-state index in [1.807, 2.05) is 6.07 Å². The summed E-state index contributed by atoms with van der Waals surface area (Å²) in [5.74, 6) is 1.40. The lowest BCUT2D eigenvalue weighted by molar-refractivity contribution is 0.112. The summed E-state index contributed by atoms with van der Waals surface area (Å²) in [7, 11) is -0.677. The molecule has 1 aliphatic rings. The van der Waals surface area contributed by atoms with Crippen LogP contribution in [0.2, 0.25) is 5.02 Å². The van der Waals surface area contributed by atoms with Crippen LogP contribution in [-0.2, 0) is 10.8 Å². The normalized spacial score (nSPS) is 17.4. The summed E-state index contributed by atoms with van der Waals surface area (Å²) in [5.41, 5.74) is 1.50. The molecule has 1 aliphatic heterocycles. The van der Waals surface area contributed by atoms with Gasteiger partial charge in [-0.25, -0.2) is 0 Å². The van der Waals surface area contributed by atoms with Gasteiger partial charge in [-0.05, 0) is 18.2 Å². The van der Waals surface area contributed by atoms with E-state index in [1.54, 1.807) is 12.1 Å². The number of anilines is 1. The Kier molecular flexibility index (Phi) is 3.61. The molecule has 1 saturated heterocycles. The van der Waals surface area contributed by atoms with Crippen LogP contribution >= 0.6 is 11.6 Å². The highest BCUT2D eigenvalue weighted by molar-refractivity contribution is 7.85. The first-order valence-electron chi connectivity index (χ1n) is 5.05. The molecule has 0 amide bonds. The fraction of sp³-hybridized carbons (Fsp3) is 0.364. The summed E-state index contributed by atoms with van der Waals surface area (Å²) in [5, 5.41) is 0.471. The largest absolute Gasteiger partial charge is 0.370 e. The molecule has 1 aromatic rings. The van der Waals surface area contributed by atoms with Crippen molar-refractivity contribution < 1.29 is 9.00 Å². The fourth-order valence-corrected chi connectivity index (χ4v) is 2.98. The third-order valence-electron chi connectivity index (χ3n) is 2.65. The van der Waals surface area contributed by atoms with Gasteiger partial charge in [-0.2, -0.15) is 0 Å². The van der Waals surface area contributed by atoms with Crippen molar-refractivity contribution in [2.45, 2.75) is 0 Å². The Morgan fingerprint density at radius 3 is 2.56 bits per heavy atom. The third-order valence-corrected chi connectivity index (χ3v) is 4.26. The van der Waals surface area contributed by atoms with E-state index < -0.39 is 10.8 Å². The number of halogens is 1. The van der Waals surface area contributed by atoms with Crippen LogP contribution in [0.15, 0.2) is 18.2 Å². The number of benzene rings is 1. The maximum Gasteiger partial charge on any atom is 0.151 e. The van der Waals surface area contributed by atoms with E-state index in [0.29, 0.717) is 22.1 Å². The van der Waals surface area contributed by atoms with Gasteiger partial charge in [0.05, 0.1) is 5.02 Å². The van der Waals surface area contributed by atoms with Crippen LogP contribution in [0.25, 0.3) is 0 Å². The van der Waals surface area contributed by atoms with Gasteiger partial charge in [0, 0.05) is 46.6 Å². The summed E-state index contributed by atoms with van der Waals surface area (Å²) in [6.07, 6.45) is 0.747. The van der Waals surface area contributed by atoms with Crippen LogP contribution in [-0.4, -0.2) is 35.1 Å². The molecule has 1 heterocycles. The summed E-state index contributed by atoms with van der Waals surface area (Å²) < 4.78 is 11.2. The highest BCUT2D eigenvalue weighted by atomic mass is 35.5. The third kappa shape index (κ3) is 2.44. The van der Waals surface area contributed by atoms with Gasteiger partial charge in [-0.1, -0.05) is 11.6 Å². The predicted octanol–water partition coefficient (Wildman–Crippen LogP) is 1.72. The molecule has 2 rings (SSSR count). The quantitative estimate of drug-likeness (QED) is 0.757. The first-order valence-corrected chi connectivity index (χ1v) is 6.92. The highest BCUT2D eigenvalue weighted by Gasteiger charge is 2.16. The van der Waals surface area contributed by atoms with Crippen molar-refractivity contribution in [2.75, 3.05) is 29.5 Å². The molecule has 0 aliphatic carbocycles. The van der Waals surface area contributed by atoms with E-state index in [1.165, 1.54) is 0 Å². The van der Waals surface area contributed by atoms with Crippen LogP contribution in [0.1, 0.15) is 10.4 Å². The minimum absolute atomic E-state index is 0.471. The zero-order valence-electron chi connectivity index (χ0n) is 8.69. The van der Waals surface area contributed by atoms with Crippen molar-refractivity contribution in [3.05, 3.63) is 28.8 Å². The van der Waals surface area contributed by atoms with Gasteiger partial charge in [0.2, 0.25) is 0 Å². The molecule has 86 valence electrons. The van der Waals surface area contributed by atoms with E-state index in [0.717, 1.165) is 25.1 Å². The number of hydrogen-bond acceptors (Lipinski definition) is 3. The molecule has 1 fully saturated rings. The second kappa shape index (κ2) is 4.97. The maximum atomic E-state index is 11.2. The molecule has 0 unspecified atom stereocenters. The second-order valence-corrected chi connectivity index (χ2v) is 5.76. The van der Waals surface area contributed by atoms with E-state index in [-0.39, 0.29) is 0 Å². The van der Waals surface area contributed by atoms with E-state index >= 15 is 0 Å². The van der Waals surface area contributed by atoms with Gasteiger partial charge < -0.3 is 4.90 Å². The lowest BCUT2D eigenvalue weighted by Gasteiger charge is -2.28. The van der Waals surface area contributed by atoms with Crippen molar-refractivity contribution in [1.29, 1.82) is 0 Å². The lowest BCUT2D eigenvalue weighted by atomic mass is 10.2. The Hall–Kier alpha value is -0.870. The molecule has 3 nitrogen and oxygen atoms in total. The van der Waals surface area contributed by atoms with E-state index in [2.05, 4.69) is 4.90 Å². The lowest BCUT2D eigenvalue weighted by Crippen LogP contribution is -2.37. The molecule has 1 aromatic carbocycles. The predicted molar refractivity (Wildman–Crippen MR) is 66.9 cm³/mol. The number of carbonyl (C=O) groups is 1. The van der Waals surface area contributed by atoms with Crippen LogP contribution in [0, 0.1) is 0 Å². The van der Waals surface area contributed by atoms with Crippen molar-refractivity contribution in [3.8, 4) is 0 Å². The maximum absolute atomic E-state index is 11.2. The molecular weight excluding hydrogens is 246 g/mol. The van der Waals surface area contributed by atoms with Crippen molar-refractivity contribution >= 4 is 34.4 Å². The van der Waals surface area contributed by atoms with Gasteiger partial charge in [-0.3, -0.25) is 9.00 Å². The van der Waals surface area contributed by atoms with E-state index in [4.69, 9.17) is 11.6 Å². The minimum Gasteiger partial charge on any atom is -0.370 e. The Labute approximate surface area is 102 Å². The molecular formula is C11H12ClNO2S. The zero-order chi connectivity index (χ0) is 11.5. The van der Waals surface area contributed by atoms with Crippen LogP contribution in [0.5, 0.6) is 0 Å². The van der Waals surface area contributed by atoms with Gasteiger partial charge in [0.1, 0.15) is 0 Å². The standard InChI is InChI=1S/C11H12ClNO2S/c12-11-7-10(2-1-9(11)8-14)13-3-5-16(15)6-4-13/h1-2,7-8H,3-6H2. The van der Waals surface area contributed by atoms with Crippen molar-refractivity contribution in [1.82, 2.24) is 0 Å². The van der Waals surface area contributed by atoms with Crippen LogP contribution in [0.4, 0.5) is 5.69 Å². The average molecular weight is 258 g/mol. The first-order chi connectivity index (χ1) is 7.70. The fourth-order valence-electron chi connectivity index (χ4n) is 1.70. The monoisotopic (exact) mass is 257 g/mol. The Morgan fingerprint density at radius 2 is 2.00 bits per heavy atom. The molecule has 0 atom stereocenters. The molecule has 0 spiro atoms. The number of rotatable bonds is 2. The molecule has 0 saturated carbocycles. The first kappa shape index (κ1) is 11.6. The number of hydrogen-bond donors (Lipinski definition) is 0. The summed E-state index contributed by atoms with van der Waals surface area (Å²) in [4.78, 5) is 12.8. The second-order valence-electron chi connectivity index (χ2n) is 3.66. The number of nitrogens with zero attached hydrogens (tertiary/aromatic N) is 1. The average Bonchev–Trinajstić information content (AvgIpc) is 2.30. The molecule has 0 radical (unpaired) electrons. The summed E-state index contributed by atoms with van der Waals surface area (Å²) in [6.45, 7) is 1.56. The number of aldehydes is 1. The van der Waals surface area contributed by atoms with Gasteiger partial charge in [0.25, 0.3) is 0 Å². The topological polar surface area (TPSA) is 37.4 Å². The van der Waals surface area contributed by atoms with E-state index in [9.17, 15) is 9.00 Å². The highest BCUT2D eigenvalue weighted by Crippen LogP contribution is 2.23.